The van der Waals surface area contributed by atoms with Crippen molar-refractivity contribution in [2.24, 2.45) is 22.2 Å². The summed E-state index contributed by atoms with van der Waals surface area (Å²) in [5.41, 5.74) is 16.1. The Kier molecular flexibility index (Phi) is 4.66. The molecular weight excluding hydrogens is 296 g/mol. The average Bonchev–Trinajstić information content (AvgIpc) is 2.93. The zero-order valence-corrected chi connectivity index (χ0v) is 11.5. The summed E-state index contributed by atoms with van der Waals surface area (Å²) in [6.45, 7) is -0.549. The van der Waals surface area contributed by atoms with E-state index in [0.717, 1.165) is 6.26 Å². The maximum Gasteiger partial charge on any atom is 0.252 e. The van der Waals surface area contributed by atoms with E-state index in [0.29, 0.717) is 0 Å². The Morgan fingerprint density at radius 1 is 1.23 bits per heavy atom. The van der Waals surface area contributed by atoms with Gasteiger partial charge in [-0.1, -0.05) is 0 Å². The van der Waals surface area contributed by atoms with Gasteiger partial charge in [-0.2, -0.15) is 0 Å². The zero-order chi connectivity index (χ0) is 16.4. The lowest BCUT2D eigenvalue weighted by Gasteiger charge is -2.40. The minimum atomic E-state index is -1.42. The summed E-state index contributed by atoms with van der Waals surface area (Å²) in [6.07, 6.45) is -2.61. The summed E-state index contributed by atoms with van der Waals surface area (Å²) in [4.78, 5) is 15.2. The van der Waals surface area contributed by atoms with Crippen LogP contribution < -0.4 is 17.2 Å². The van der Waals surface area contributed by atoms with Crippen molar-refractivity contribution in [3.8, 4) is 0 Å². The van der Waals surface area contributed by atoms with Crippen molar-refractivity contribution in [3.63, 3.8) is 0 Å². The van der Waals surface area contributed by atoms with Crippen molar-refractivity contribution in [1.29, 1.82) is 0 Å². The fraction of sp³-hybridized carbons (Fsp3) is 0.500. The molecule has 10 nitrogen and oxygen atoms in total. The zero-order valence-electron chi connectivity index (χ0n) is 11.5. The van der Waals surface area contributed by atoms with Crippen molar-refractivity contribution in [1.82, 2.24) is 0 Å². The summed E-state index contributed by atoms with van der Waals surface area (Å²) < 4.78 is 10.5. The molecule has 1 amide bonds. The Morgan fingerprint density at radius 2 is 1.91 bits per heavy atom. The van der Waals surface area contributed by atoms with Gasteiger partial charge >= 0.3 is 0 Å². The van der Waals surface area contributed by atoms with Crippen LogP contribution in [0.15, 0.2) is 21.9 Å². The number of hydrogen-bond acceptors (Lipinski definition) is 7. The molecule has 5 atom stereocenters. The number of aliphatic imine (C=N–C) groups is 1. The van der Waals surface area contributed by atoms with Gasteiger partial charge in [-0.25, -0.2) is 4.99 Å². The first-order chi connectivity index (χ1) is 10.4. The molecule has 2 rings (SSSR count). The van der Waals surface area contributed by atoms with Crippen LogP contribution in [0.25, 0.3) is 0 Å². The highest BCUT2D eigenvalue weighted by Gasteiger charge is 2.46. The van der Waals surface area contributed by atoms with E-state index in [1.807, 2.05) is 0 Å². The maximum absolute atomic E-state index is 11.4. The molecule has 122 valence electrons. The molecule has 22 heavy (non-hydrogen) atoms. The van der Waals surface area contributed by atoms with Gasteiger partial charge in [0.15, 0.2) is 5.96 Å². The smallest absolute Gasteiger partial charge is 0.252 e. The predicted molar refractivity (Wildman–Crippen MR) is 73.5 cm³/mol. The van der Waals surface area contributed by atoms with E-state index < -0.39 is 43.0 Å². The molecular formula is C12H18N4O6. The van der Waals surface area contributed by atoms with Crippen LogP contribution in [0.5, 0.6) is 0 Å². The van der Waals surface area contributed by atoms with Crippen LogP contribution in [0.2, 0.25) is 0 Å². The lowest BCUT2D eigenvalue weighted by Crippen LogP contribution is -2.55. The monoisotopic (exact) mass is 314 g/mol. The fourth-order valence-electron chi connectivity index (χ4n) is 2.40. The number of rotatable bonds is 4. The highest BCUT2D eigenvalue weighted by atomic mass is 16.5. The summed E-state index contributed by atoms with van der Waals surface area (Å²) in [5, 5.41) is 29.3. The summed E-state index contributed by atoms with van der Waals surface area (Å²) in [6, 6.07) is -1.10. The molecule has 1 aliphatic heterocycles. The average molecular weight is 314 g/mol. The second kappa shape index (κ2) is 6.32. The van der Waals surface area contributed by atoms with E-state index in [1.165, 1.54) is 6.26 Å². The van der Waals surface area contributed by atoms with E-state index in [-0.39, 0.29) is 17.1 Å². The third kappa shape index (κ3) is 2.90. The Bertz CT molecular complexity index is 570. The second-order valence-corrected chi connectivity index (χ2v) is 4.91. The number of nitrogens with two attached hydrogens (primary N) is 3. The molecule has 10 heteroatoms. The minimum Gasteiger partial charge on any atom is -0.471 e. The minimum absolute atomic E-state index is 0.0288. The molecule has 0 radical (unpaired) electrons. The number of nitrogens with zero attached hydrogens (tertiary/aromatic N) is 1. The van der Waals surface area contributed by atoms with Gasteiger partial charge in [0.25, 0.3) is 5.91 Å². The lowest BCUT2D eigenvalue weighted by atomic mass is 9.89. The van der Waals surface area contributed by atoms with Crippen LogP contribution in [-0.2, 0) is 4.74 Å². The molecule has 5 unspecified atom stereocenters. The number of amides is 1. The van der Waals surface area contributed by atoms with Crippen molar-refractivity contribution in [3.05, 3.63) is 23.7 Å². The van der Waals surface area contributed by atoms with Gasteiger partial charge in [0.1, 0.15) is 36.7 Å². The molecule has 0 saturated carbocycles. The first kappa shape index (κ1) is 16.2. The largest absolute Gasteiger partial charge is 0.471 e. The first-order valence-corrected chi connectivity index (χ1v) is 6.43. The van der Waals surface area contributed by atoms with E-state index in [1.54, 1.807) is 0 Å². The number of guanidine groups is 1. The summed E-state index contributed by atoms with van der Waals surface area (Å²) in [7, 11) is 0. The molecule has 1 saturated heterocycles. The molecule has 0 aromatic carbocycles. The van der Waals surface area contributed by atoms with Crippen LogP contribution >= 0.6 is 0 Å². The molecule has 1 aliphatic rings. The molecule has 0 aliphatic carbocycles. The number of ether oxygens (including phenoxy) is 1. The Morgan fingerprint density at radius 3 is 2.45 bits per heavy atom. The van der Waals surface area contributed by atoms with E-state index in [4.69, 9.17) is 26.4 Å². The van der Waals surface area contributed by atoms with Crippen LogP contribution in [0, 0.1) is 0 Å². The number of aliphatic hydroxyl groups excluding tert-OH is 3. The van der Waals surface area contributed by atoms with Gasteiger partial charge in [0.05, 0.1) is 18.4 Å². The first-order valence-electron chi connectivity index (χ1n) is 6.43. The number of furan rings is 1. The van der Waals surface area contributed by atoms with Gasteiger partial charge in [0, 0.05) is 5.56 Å². The second-order valence-electron chi connectivity index (χ2n) is 4.91. The van der Waals surface area contributed by atoms with E-state index >= 15 is 0 Å². The molecule has 0 spiro atoms. The van der Waals surface area contributed by atoms with Gasteiger partial charge in [-0.05, 0) is 0 Å². The van der Waals surface area contributed by atoms with Crippen molar-refractivity contribution in [2.75, 3.05) is 6.61 Å². The summed E-state index contributed by atoms with van der Waals surface area (Å²) in [5.74, 6) is -1.10. The number of aliphatic hydroxyl groups is 3. The Labute approximate surface area is 125 Å². The highest BCUT2D eigenvalue weighted by molar-refractivity contribution is 5.94. The van der Waals surface area contributed by atoms with Gasteiger partial charge in [-0.15, -0.1) is 0 Å². The normalized spacial score (nSPS) is 31.7. The Balaban J connectivity index is 2.45. The fourth-order valence-corrected chi connectivity index (χ4v) is 2.40. The van der Waals surface area contributed by atoms with Crippen LogP contribution in [-0.4, -0.2) is 58.1 Å². The van der Waals surface area contributed by atoms with Crippen LogP contribution in [0.1, 0.15) is 22.0 Å². The quantitative estimate of drug-likeness (QED) is 0.253. The molecule has 0 bridgehead atoms. The number of carbonyl (C=O) groups excluding carboxylic acids is 1. The third-order valence-electron chi connectivity index (χ3n) is 3.45. The molecule has 9 N–H and O–H groups in total. The van der Waals surface area contributed by atoms with Crippen LogP contribution in [0.4, 0.5) is 0 Å². The molecule has 1 aromatic heterocycles. The topological polar surface area (TPSA) is 191 Å². The molecule has 2 heterocycles. The van der Waals surface area contributed by atoms with Crippen molar-refractivity contribution >= 4 is 11.9 Å². The van der Waals surface area contributed by atoms with Gasteiger partial charge in [0.2, 0.25) is 0 Å². The standard InChI is InChI=1S/C12H18N4O6/c13-11(20)5-3-21-2-4(5)10-7(16-12(14)15)9(19)8(18)6(1-17)22-10/h2-3,6-10,17-19H,1H2,(H2,13,20)(H4,14,15,16). The summed E-state index contributed by atoms with van der Waals surface area (Å²) >= 11 is 0. The molecule has 1 fully saturated rings. The third-order valence-corrected chi connectivity index (χ3v) is 3.45. The van der Waals surface area contributed by atoms with Gasteiger partial charge in [-0.3, -0.25) is 4.79 Å². The number of primary amides is 1. The number of carbonyl (C=O) groups is 1. The van der Waals surface area contributed by atoms with E-state index in [9.17, 15) is 20.1 Å². The lowest BCUT2D eigenvalue weighted by molar-refractivity contribution is -0.190. The molecule has 1 aromatic rings. The van der Waals surface area contributed by atoms with Crippen molar-refractivity contribution < 1.29 is 29.3 Å². The SMILES string of the molecule is NC(=O)c1cocc1C1OC(CO)C(O)C(O)C1N=C(N)N. The highest BCUT2D eigenvalue weighted by Crippen LogP contribution is 2.36. The maximum atomic E-state index is 11.4. The van der Waals surface area contributed by atoms with Crippen LogP contribution in [0.3, 0.4) is 0 Å². The van der Waals surface area contributed by atoms with Gasteiger partial charge < -0.3 is 41.7 Å². The number of hydrogen-bond donors (Lipinski definition) is 6. The van der Waals surface area contributed by atoms with E-state index in [2.05, 4.69) is 4.99 Å². The Hall–Kier alpha value is -2.14. The van der Waals surface area contributed by atoms with Crippen molar-refractivity contribution in [2.45, 2.75) is 30.5 Å². The predicted octanol–water partition coefficient (Wildman–Crippen LogP) is -2.83.